The molecule has 2 saturated heterocycles. The van der Waals surface area contributed by atoms with Crippen molar-refractivity contribution in [2.24, 2.45) is 11.3 Å². The van der Waals surface area contributed by atoms with Gasteiger partial charge in [0.25, 0.3) is 0 Å². The van der Waals surface area contributed by atoms with Crippen molar-refractivity contribution in [1.29, 1.82) is 0 Å². The number of aliphatic carboxylic acids is 1. The molecule has 270 valence electrons. The number of nitrogens with zero attached hydrogens (tertiary/aromatic N) is 3. The third kappa shape index (κ3) is 7.21. The van der Waals surface area contributed by atoms with Crippen molar-refractivity contribution < 1.29 is 38.9 Å². The number of hydrogen-bond donors (Lipinski definition) is 4. The summed E-state index contributed by atoms with van der Waals surface area (Å²) in [6.07, 6.45) is 0.876. The van der Waals surface area contributed by atoms with Crippen LogP contribution < -0.4 is 20.1 Å². The first-order valence-electron chi connectivity index (χ1n) is 17.2. The first-order chi connectivity index (χ1) is 24.2. The number of carboxylic acid groups (broad SMARTS) is 1. The van der Waals surface area contributed by atoms with E-state index in [9.17, 15) is 29.4 Å². The van der Waals surface area contributed by atoms with Crippen LogP contribution >= 0.6 is 0 Å². The van der Waals surface area contributed by atoms with Gasteiger partial charge in [-0.15, -0.1) is 6.58 Å². The van der Waals surface area contributed by atoms with E-state index in [1.165, 1.54) is 15.9 Å². The fourth-order valence-corrected chi connectivity index (χ4v) is 6.99. The van der Waals surface area contributed by atoms with Crippen molar-refractivity contribution in [2.45, 2.75) is 69.9 Å². The number of fused-ring (bicyclic) bond motifs is 1. The molecule has 4 N–H and O–H groups in total. The van der Waals surface area contributed by atoms with Crippen LogP contribution in [0.2, 0.25) is 0 Å². The lowest BCUT2D eigenvalue weighted by molar-refractivity contribution is -0.144. The summed E-state index contributed by atoms with van der Waals surface area (Å²) in [5, 5.41) is 26.4. The highest BCUT2D eigenvalue weighted by Crippen LogP contribution is 2.45. The van der Waals surface area contributed by atoms with Crippen LogP contribution in [-0.2, 0) is 14.4 Å². The Morgan fingerprint density at radius 2 is 1.84 bits per heavy atom. The van der Waals surface area contributed by atoms with E-state index in [2.05, 4.69) is 17.2 Å². The number of nitrogens with one attached hydrogen (secondary N) is 2. The van der Waals surface area contributed by atoms with Gasteiger partial charge in [-0.3, -0.25) is 9.59 Å². The average molecular weight is 700 g/mol. The summed E-state index contributed by atoms with van der Waals surface area (Å²) in [7, 11) is 1.57. The van der Waals surface area contributed by atoms with Crippen LogP contribution in [-0.4, -0.2) is 105 Å². The standard InChI is InChI=1S/C38H45N5O8/c1-6-23-19-38(23,35(47)48)41-33(45)30-17-26(21-43(30)36(49)40-32(37(2,3)4)34(46)42-15-14-24(44)20-42)51-31-18-28(22-10-8-7-9-11-22)39-29-16-25(50-5)12-13-27(29)31/h6-13,16,18,23-24,26,30,32,44H,1,14-15,17,19-21H2,2-5H3,(H,40,49)(H,41,45)(H,47,48)/t23?,24-,26-,30+,32-,38-/m1/s1. The number of methoxy groups -OCH3 is 1. The number of β-amino-alcohol motifs (C(OH)–C–C–N with tert-alkyl or cyclic N) is 1. The van der Waals surface area contributed by atoms with E-state index in [-0.39, 0.29) is 31.8 Å². The largest absolute Gasteiger partial charge is 0.497 e. The summed E-state index contributed by atoms with van der Waals surface area (Å²) in [6, 6.07) is 14.1. The van der Waals surface area contributed by atoms with E-state index in [1.807, 2.05) is 63.2 Å². The number of amides is 4. The quantitative estimate of drug-likeness (QED) is 0.231. The summed E-state index contributed by atoms with van der Waals surface area (Å²) in [6.45, 7) is 9.71. The number of hydrogen-bond acceptors (Lipinski definition) is 8. The Morgan fingerprint density at radius 1 is 1.10 bits per heavy atom. The van der Waals surface area contributed by atoms with Gasteiger partial charge in [0.1, 0.15) is 35.2 Å². The molecule has 1 saturated carbocycles. The van der Waals surface area contributed by atoms with E-state index >= 15 is 0 Å². The molecule has 1 aliphatic carbocycles. The molecular formula is C38H45N5O8. The topological polar surface area (TPSA) is 171 Å². The SMILES string of the molecule is C=CC1C[C@]1(NC(=O)[C@@H]1C[C@@H](Oc2cc(-c3ccccc3)nc3cc(OC)ccc23)CN1C(=O)N[C@H](C(=O)N1CC[C@@H](O)C1)C(C)(C)C)C(=O)O. The molecule has 3 aliphatic rings. The van der Waals surface area contributed by atoms with Crippen molar-refractivity contribution in [3.05, 3.63) is 67.3 Å². The fourth-order valence-electron chi connectivity index (χ4n) is 6.99. The van der Waals surface area contributed by atoms with Crippen LogP contribution in [0, 0.1) is 11.3 Å². The predicted molar refractivity (Wildman–Crippen MR) is 189 cm³/mol. The van der Waals surface area contributed by atoms with Gasteiger partial charge in [0.2, 0.25) is 11.8 Å². The van der Waals surface area contributed by atoms with Gasteiger partial charge in [-0.25, -0.2) is 14.6 Å². The molecule has 4 amide bonds. The maximum absolute atomic E-state index is 14.2. The highest BCUT2D eigenvalue weighted by molar-refractivity contribution is 5.96. The molecule has 6 atom stereocenters. The first kappa shape index (κ1) is 35.6. The van der Waals surface area contributed by atoms with E-state index in [4.69, 9.17) is 14.5 Å². The number of carboxylic acids is 1. The molecule has 0 radical (unpaired) electrons. The molecular weight excluding hydrogens is 654 g/mol. The number of carbonyl (C=O) groups is 4. The maximum Gasteiger partial charge on any atom is 0.330 e. The van der Waals surface area contributed by atoms with E-state index in [0.717, 1.165) is 5.56 Å². The third-order valence-corrected chi connectivity index (χ3v) is 10.1. The molecule has 1 unspecified atom stereocenters. The lowest BCUT2D eigenvalue weighted by Gasteiger charge is -2.35. The molecule has 13 nitrogen and oxygen atoms in total. The fraction of sp³-hybridized carbons (Fsp3) is 0.447. The molecule has 2 aromatic carbocycles. The molecule has 0 spiro atoms. The van der Waals surface area contributed by atoms with Crippen molar-refractivity contribution in [3.8, 4) is 22.8 Å². The second kappa shape index (κ2) is 13.9. The Morgan fingerprint density at radius 3 is 2.45 bits per heavy atom. The highest BCUT2D eigenvalue weighted by atomic mass is 16.5. The van der Waals surface area contributed by atoms with Gasteiger partial charge in [-0.2, -0.15) is 0 Å². The van der Waals surface area contributed by atoms with E-state index < -0.39 is 59.1 Å². The average Bonchev–Trinajstić information content (AvgIpc) is 3.39. The minimum Gasteiger partial charge on any atom is -0.497 e. The number of ether oxygens (including phenoxy) is 2. The van der Waals surface area contributed by atoms with Gasteiger partial charge in [0.05, 0.1) is 31.0 Å². The van der Waals surface area contributed by atoms with Gasteiger partial charge in [0, 0.05) is 48.5 Å². The Bertz CT molecular complexity index is 1840. The molecule has 3 heterocycles. The normalized spacial score (nSPS) is 24.9. The molecule has 0 bridgehead atoms. The third-order valence-electron chi connectivity index (χ3n) is 10.1. The number of pyridine rings is 1. The van der Waals surface area contributed by atoms with Crippen LogP contribution in [0.3, 0.4) is 0 Å². The lowest BCUT2D eigenvalue weighted by atomic mass is 9.86. The first-order valence-corrected chi connectivity index (χ1v) is 17.2. The van der Waals surface area contributed by atoms with Crippen LogP contribution in [0.25, 0.3) is 22.2 Å². The summed E-state index contributed by atoms with van der Waals surface area (Å²) >= 11 is 0. The Kier molecular flexibility index (Phi) is 9.69. The predicted octanol–water partition coefficient (Wildman–Crippen LogP) is 3.60. The number of benzene rings is 2. The molecule has 13 heteroatoms. The molecule has 3 aromatic rings. The summed E-state index contributed by atoms with van der Waals surface area (Å²) in [5.41, 5.74) is -0.0823. The monoisotopic (exact) mass is 699 g/mol. The smallest absolute Gasteiger partial charge is 0.330 e. The summed E-state index contributed by atoms with van der Waals surface area (Å²) in [5.74, 6) is -1.50. The van der Waals surface area contributed by atoms with Gasteiger partial charge in [-0.1, -0.05) is 57.2 Å². The zero-order chi connectivity index (χ0) is 36.7. The number of aliphatic hydroxyl groups excluding tert-OH is 1. The number of aromatic nitrogens is 1. The van der Waals surface area contributed by atoms with Crippen molar-refractivity contribution >= 4 is 34.7 Å². The molecule has 1 aromatic heterocycles. The van der Waals surface area contributed by atoms with Crippen molar-refractivity contribution in [3.63, 3.8) is 0 Å². The van der Waals surface area contributed by atoms with Gasteiger partial charge in [-0.05, 0) is 30.4 Å². The zero-order valence-corrected chi connectivity index (χ0v) is 29.3. The van der Waals surface area contributed by atoms with Gasteiger partial charge >= 0.3 is 12.0 Å². The number of likely N-dealkylation sites (tertiary alicyclic amines) is 2. The molecule has 2 aliphatic heterocycles. The number of aliphatic hydroxyl groups is 1. The second-order valence-corrected chi connectivity index (χ2v) is 14.7. The Labute approximate surface area is 296 Å². The van der Waals surface area contributed by atoms with Crippen LogP contribution in [0.15, 0.2) is 67.3 Å². The number of rotatable bonds is 10. The minimum absolute atomic E-state index is 0.0248. The summed E-state index contributed by atoms with van der Waals surface area (Å²) in [4.78, 5) is 61.7. The van der Waals surface area contributed by atoms with Crippen molar-refractivity contribution in [2.75, 3.05) is 26.7 Å². The number of urea groups is 1. The minimum atomic E-state index is -1.51. The second-order valence-electron chi connectivity index (χ2n) is 14.7. The van der Waals surface area contributed by atoms with E-state index in [1.54, 1.807) is 19.2 Å². The highest BCUT2D eigenvalue weighted by Gasteiger charge is 2.61. The molecule has 3 fully saturated rings. The van der Waals surface area contributed by atoms with Crippen LogP contribution in [0.5, 0.6) is 11.5 Å². The summed E-state index contributed by atoms with van der Waals surface area (Å²) < 4.78 is 12.1. The van der Waals surface area contributed by atoms with Gasteiger partial charge in [0.15, 0.2) is 0 Å². The maximum atomic E-state index is 14.2. The van der Waals surface area contributed by atoms with Crippen LogP contribution in [0.1, 0.15) is 40.0 Å². The van der Waals surface area contributed by atoms with Gasteiger partial charge < -0.3 is 40.1 Å². The Hall–Kier alpha value is -5.17. The lowest BCUT2D eigenvalue weighted by Crippen LogP contribution is -2.59. The molecule has 51 heavy (non-hydrogen) atoms. The molecule has 6 rings (SSSR count). The van der Waals surface area contributed by atoms with Crippen LogP contribution in [0.4, 0.5) is 4.79 Å². The van der Waals surface area contributed by atoms with Crippen molar-refractivity contribution in [1.82, 2.24) is 25.4 Å². The zero-order valence-electron chi connectivity index (χ0n) is 29.3. The number of carbonyl (C=O) groups excluding carboxylic acids is 3. The Balaban J connectivity index is 1.32. The van der Waals surface area contributed by atoms with E-state index in [0.29, 0.717) is 41.1 Å².